The number of carbonyl (C=O) groups is 1. The fourth-order valence-corrected chi connectivity index (χ4v) is 2.35. The van der Waals surface area contributed by atoms with Gasteiger partial charge >= 0.3 is 0 Å². The lowest BCUT2D eigenvalue weighted by molar-refractivity contribution is 0.102. The Morgan fingerprint density at radius 1 is 1.35 bits per heavy atom. The summed E-state index contributed by atoms with van der Waals surface area (Å²) in [6.07, 6.45) is 3.45. The van der Waals surface area contributed by atoms with Crippen LogP contribution >= 0.6 is 0 Å². The molecule has 6 nitrogen and oxygen atoms in total. The Bertz CT molecular complexity index is 834. The summed E-state index contributed by atoms with van der Waals surface area (Å²) in [6.45, 7) is 0.900. The van der Waals surface area contributed by atoms with Crippen LogP contribution in [0.5, 0.6) is 0 Å². The first-order chi connectivity index (χ1) is 9.76. The predicted octanol–water partition coefficient (Wildman–Crippen LogP) is 1.73. The molecule has 20 heavy (non-hydrogen) atoms. The minimum absolute atomic E-state index is 0.169. The third-order valence-electron chi connectivity index (χ3n) is 3.41. The maximum absolute atomic E-state index is 12.2. The number of amides is 1. The van der Waals surface area contributed by atoms with Gasteiger partial charge in [-0.15, -0.1) is 0 Å². The van der Waals surface area contributed by atoms with E-state index in [2.05, 4.69) is 15.0 Å². The Morgan fingerprint density at radius 2 is 2.25 bits per heavy atom. The van der Waals surface area contributed by atoms with Gasteiger partial charge in [-0.1, -0.05) is 0 Å². The smallest absolute Gasteiger partial charge is 0.256 e. The number of anilines is 1. The summed E-state index contributed by atoms with van der Waals surface area (Å²) in [5, 5.41) is 11.5. The van der Waals surface area contributed by atoms with E-state index in [0.717, 1.165) is 17.9 Å². The summed E-state index contributed by atoms with van der Waals surface area (Å²) in [5.74, 6) is -0.169. The quantitative estimate of drug-likeness (QED) is 0.598. The zero-order valence-corrected chi connectivity index (χ0v) is 10.4. The largest absolute Gasteiger partial charge is 0.321 e. The number of hydrogen-bond acceptors (Lipinski definition) is 3. The lowest BCUT2D eigenvalue weighted by atomic mass is 10.2. The van der Waals surface area contributed by atoms with Gasteiger partial charge in [-0.3, -0.25) is 14.2 Å². The molecular weight excluding hydrogens is 254 g/mol. The molecule has 1 amide bonds. The Balaban J connectivity index is 1.59. The van der Waals surface area contributed by atoms with Crippen LogP contribution in [0, 0.1) is 11.3 Å². The molecule has 1 aromatic rings. The maximum atomic E-state index is 12.2. The average molecular weight is 263 g/mol. The fourth-order valence-electron chi connectivity index (χ4n) is 2.35. The molecule has 1 aromatic heterocycles. The minimum Gasteiger partial charge on any atom is -0.321 e. The molecule has 1 N–H and O–H groups in total. The van der Waals surface area contributed by atoms with Crippen LogP contribution in [-0.4, -0.2) is 20.3 Å². The molecule has 0 radical (unpaired) electrons. The van der Waals surface area contributed by atoms with Crippen molar-refractivity contribution in [2.24, 2.45) is 0 Å². The van der Waals surface area contributed by atoms with E-state index in [0.29, 0.717) is 16.9 Å². The Kier molecular flexibility index (Phi) is 2.01. The topological polar surface area (TPSA) is 75.6 Å². The number of hydrogen-bond donors (Lipinski definition) is 1. The van der Waals surface area contributed by atoms with Gasteiger partial charge in [-0.25, -0.2) is 4.98 Å². The molecule has 3 heterocycles. The van der Waals surface area contributed by atoms with Gasteiger partial charge in [0.15, 0.2) is 0 Å². The van der Waals surface area contributed by atoms with Gasteiger partial charge in [0.05, 0.1) is 23.1 Å². The molecule has 0 saturated heterocycles. The van der Waals surface area contributed by atoms with E-state index < -0.39 is 0 Å². The van der Waals surface area contributed by atoms with Crippen molar-refractivity contribution in [3.8, 4) is 17.3 Å². The van der Waals surface area contributed by atoms with Crippen LogP contribution in [0.3, 0.4) is 0 Å². The Hall–Kier alpha value is -3.07. The molecule has 2 aliphatic heterocycles. The van der Waals surface area contributed by atoms with Gasteiger partial charge in [0, 0.05) is 11.8 Å². The van der Waals surface area contributed by atoms with Crippen molar-refractivity contribution in [1.29, 1.82) is 5.26 Å². The number of nitrogens with zero attached hydrogens (tertiary/aromatic N) is 4. The SMILES string of the molecule is N#Cc1ccc(NC(=O)c2ccc3n4n(cc2-3)C4)cn1. The summed E-state index contributed by atoms with van der Waals surface area (Å²) in [7, 11) is 0. The molecule has 1 aliphatic carbocycles. The fraction of sp³-hybridized carbons (Fsp3) is 0.0714. The molecule has 6 heteroatoms. The summed E-state index contributed by atoms with van der Waals surface area (Å²) in [5.41, 5.74) is 3.58. The van der Waals surface area contributed by atoms with Crippen molar-refractivity contribution < 1.29 is 4.79 Å². The lowest BCUT2D eigenvalue weighted by Crippen LogP contribution is -2.12. The molecule has 0 saturated carbocycles. The molecule has 0 aromatic carbocycles. The second-order valence-corrected chi connectivity index (χ2v) is 4.65. The molecule has 0 unspecified atom stereocenters. The first kappa shape index (κ1) is 10.8. The number of pyridine rings is 1. The molecule has 0 spiro atoms. The highest BCUT2D eigenvalue weighted by Crippen LogP contribution is 2.34. The summed E-state index contributed by atoms with van der Waals surface area (Å²) >= 11 is 0. The Morgan fingerprint density at radius 3 is 3.00 bits per heavy atom. The molecule has 0 atom stereocenters. The van der Waals surface area contributed by atoms with E-state index in [1.165, 1.54) is 6.20 Å². The molecule has 4 rings (SSSR count). The van der Waals surface area contributed by atoms with Gasteiger partial charge in [0.1, 0.15) is 18.4 Å². The van der Waals surface area contributed by atoms with Crippen LogP contribution in [0.2, 0.25) is 0 Å². The molecule has 0 bridgehead atoms. The van der Waals surface area contributed by atoms with Gasteiger partial charge in [0.2, 0.25) is 0 Å². The lowest BCUT2D eigenvalue weighted by Gasteiger charge is -2.04. The average Bonchev–Trinajstić information content (AvgIpc) is 2.95. The number of carbonyl (C=O) groups excluding carboxylic acids is 1. The predicted molar refractivity (Wildman–Crippen MR) is 71.3 cm³/mol. The zero-order chi connectivity index (χ0) is 13.7. The van der Waals surface area contributed by atoms with Gasteiger partial charge in [0.25, 0.3) is 5.91 Å². The van der Waals surface area contributed by atoms with Crippen molar-refractivity contribution in [2.45, 2.75) is 6.67 Å². The standard InChI is InChI=1S/C14H9N5O/c15-5-9-1-2-10(6-16-9)17-14(20)11-3-4-13-12(11)7-18-8-19(13)18/h1-4,6-7H,8H2,(H,17,20). The van der Waals surface area contributed by atoms with Crippen molar-refractivity contribution in [1.82, 2.24) is 14.3 Å². The van der Waals surface area contributed by atoms with Crippen LogP contribution in [0.1, 0.15) is 16.1 Å². The van der Waals surface area contributed by atoms with Crippen molar-refractivity contribution in [3.63, 3.8) is 0 Å². The van der Waals surface area contributed by atoms with Crippen molar-refractivity contribution in [2.75, 3.05) is 5.32 Å². The van der Waals surface area contributed by atoms with E-state index >= 15 is 0 Å². The minimum atomic E-state index is -0.169. The number of rotatable bonds is 2. The van der Waals surface area contributed by atoms with E-state index in [4.69, 9.17) is 5.26 Å². The van der Waals surface area contributed by atoms with Crippen LogP contribution < -0.4 is 5.32 Å². The zero-order valence-electron chi connectivity index (χ0n) is 10.4. The molecule has 3 aliphatic rings. The van der Waals surface area contributed by atoms with Crippen LogP contribution in [-0.2, 0) is 6.67 Å². The van der Waals surface area contributed by atoms with Crippen LogP contribution in [0.4, 0.5) is 5.69 Å². The van der Waals surface area contributed by atoms with Crippen molar-refractivity contribution >= 4 is 11.6 Å². The highest BCUT2D eigenvalue weighted by molar-refractivity contribution is 6.09. The number of fused-ring (bicyclic) bond motifs is 3. The van der Waals surface area contributed by atoms with Crippen LogP contribution in [0.15, 0.2) is 36.7 Å². The first-order valence-electron chi connectivity index (χ1n) is 6.12. The summed E-state index contributed by atoms with van der Waals surface area (Å²) < 4.78 is 4.14. The van der Waals surface area contributed by atoms with Crippen molar-refractivity contribution in [3.05, 3.63) is 47.9 Å². The van der Waals surface area contributed by atoms with E-state index in [1.54, 1.807) is 12.1 Å². The highest BCUT2D eigenvalue weighted by Gasteiger charge is 2.27. The van der Waals surface area contributed by atoms with Gasteiger partial charge in [-0.05, 0) is 24.3 Å². The molecule has 96 valence electrons. The first-order valence-corrected chi connectivity index (χ1v) is 6.12. The van der Waals surface area contributed by atoms with E-state index in [-0.39, 0.29) is 5.91 Å². The maximum Gasteiger partial charge on any atom is 0.256 e. The molecular formula is C14H9N5O. The number of nitriles is 1. The van der Waals surface area contributed by atoms with Gasteiger partial charge < -0.3 is 5.32 Å². The third kappa shape index (κ3) is 1.50. The summed E-state index contributed by atoms with van der Waals surface area (Å²) in [4.78, 5) is 16.2. The second-order valence-electron chi connectivity index (χ2n) is 4.65. The highest BCUT2D eigenvalue weighted by atomic mass is 16.1. The second kappa shape index (κ2) is 3.71. The summed E-state index contributed by atoms with van der Waals surface area (Å²) in [6, 6.07) is 8.95. The monoisotopic (exact) mass is 263 g/mol. The van der Waals surface area contributed by atoms with E-state index in [1.807, 2.05) is 29.1 Å². The van der Waals surface area contributed by atoms with E-state index in [9.17, 15) is 4.79 Å². The van der Waals surface area contributed by atoms with Crippen LogP contribution in [0.25, 0.3) is 11.3 Å². The third-order valence-corrected chi connectivity index (χ3v) is 3.41. The number of aromatic nitrogens is 3. The van der Waals surface area contributed by atoms with Gasteiger partial charge in [-0.2, -0.15) is 5.26 Å². The Labute approximate surface area is 114 Å². The normalized spacial score (nSPS) is 11.9. The number of nitrogens with one attached hydrogen (secondary N) is 1. The molecule has 0 fully saturated rings.